The number of thiazole rings is 1. The third kappa shape index (κ3) is 5.51. The van der Waals surface area contributed by atoms with Crippen molar-refractivity contribution in [2.24, 2.45) is 10.1 Å². The molecule has 0 saturated carbocycles. The zero-order valence-corrected chi connectivity index (χ0v) is 23.9. The van der Waals surface area contributed by atoms with Gasteiger partial charge in [-0.1, -0.05) is 0 Å². The number of benzene rings is 2. The van der Waals surface area contributed by atoms with E-state index in [1.165, 1.54) is 20.5 Å². The number of sulfonamides is 1. The number of thiophene rings is 1. The first-order chi connectivity index (χ1) is 19.4. The number of ether oxygens (including phenoxy) is 2. The van der Waals surface area contributed by atoms with Crippen molar-refractivity contribution in [1.29, 1.82) is 0 Å². The molecule has 0 aliphatic carbocycles. The first kappa shape index (κ1) is 26.6. The maximum absolute atomic E-state index is 13.0. The summed E-state index contributed by atoms with van der Waals surface area (Å²) < 4.78 is 40.0. The number of morpholine rings is 1. The van der Waals surface area contributed by atoms with Crippen molar-refractivity contribution in [2.75, 3.05) is 38.2 Å². The smallest absolute Gasteiger partial charge is 0.262 e. The molecule has 4 heterocycles. The molecule has 0 atom stereocenters. The summed E-state index contributed by atoms with van der Waals surface area (Å²) in [6, 6.07) is 16.2. The van der Waals surface area contributed by atoms with Crippen molar-refractivity contribution < 1.29 is 22.7 Å². The summed E-state index contributed by atoms with van der Waals surface area (Å²) in [5.41, 5.74) is 2.80. The topological polar surface area (TPSA) is 115 Å². The summed E-state index contributed by atoms with van der Waals surface area (Å²) in [5.74, 6) is 0.406. The number of anilines is 1. The molecule has 0 bridgehead atoms. The molecule has 0 unspecified atom stereocenters. The second-order valence-corrected chi connectivity index (χ2v) is 13.2. The first-order valence-corrected chi connectivity index (χ1v) is 15.6. The third-order valence-corrected chi connectivity index (χ3v) is 9.99. The van der Waals surface area contributed by atoms with Crippen LogP contribution in [0.25, 0.3) is 11.3 Å². The highest BCUT2D eigenvalue weighted by Gasteiger charge is 2.26. The van der Waals surface area contributed by atoms with Gasteiger partial charge in [0.25, 0.3) is 5.91 Å². The van der Waals surface area contributed by atoms with E-state index in [9.17, 15) is 13.2 Å². The quantitative estimate of drug-likeness (QED) is 0.338. The van der Waals surface area contributed by atoms with Gasteiger partial charge in [-0.15, -0.1) is 22.7 Å². The Morgan fingerprint density at radius 3 is 2.60 bits per heavy atom. The first-order valence-electron chi connectivity index (χ1n) is 12.5. The molecule has 2 aromatic heterocycles. The zero-order valence-electron chi connectivity index (χ0n) is 21.4. The van der Waals surface area contributed by atoms with E-state index in [1.54, 1.807) is 46.5 Å². The van der Waals surface area contributed by atoms with Crippen LogP contribution >= 0.6 is 22.7 Å². The van der Waals surface area contributed by atoms with E-state index in [1.807, 2.05) is 42.6 Å². The molecule has 0 spiro atoms. The Hall–Kier alpha value is -3.62. The number of hydrogen-bond donors (Lipinski definition) is 1. The van der Waals surface area contributed by atoms with Gasteiger partial charge in [-0.3, -0.25) is 4.79 Å². The molecule has 206 valence electrons. The van der Waals surface area contributed by atoms with Crippen LogP contribution in [-0.4, -0.2) is 62.4 Å². The SMILES string of the molecule is Cc1ccc(C=Nn2c(-c3ccc4c(c3)NC(=O)CO4)csc2=Nc2ccc(S(=O)(=O)N3CCOCC3)cc2)s1. The number of nitrogens with one attached hydrogen (secondary N) is 1. The number of hydrogen-bond acceptors (Lipinski definition) is 9. The lowest BCUT2D eigenvalue weighted by Gasteiger charge is -2.26. The number of carbonyl (C=O) groups excluding carboxylic acids is 1. The predicted molar refractivity (Wildman–Crippen MR) is 155 cm³/mol. The van der Waals surface area contributed by atoms with Gasteiger partial charge in [0.1, 0.15) is 5.75 Å². The van der Waals surface area contributed by atoms with Crippen molar-refractivity contribution in [1.82, 2.24) is 8.98 Å². The van der Waals surface area contributed by atoms with Crippen molar-refractivity contribution >= 4 is 56.2 Å². The second kappa shape index (κ2) is 11.1. The van der Waals surface area contributed by atoms with Crippen molar-refractivity contribution in [3.05, 3.63) is 74.5 Å². The largest absolute Gasteiger partial charge is 0.482 e. The Labute approximate surface area is 238 Å². The molecule has 1 amide bonds. The molecule has 13 heteroatoms. The summed E-state index contributed by atoms with van der Waals surface area (Å²) in [6.07, 6.45) is 1.79. The fourth-order valence-electron chi connectivity index (χ4n) is 4.31. The van der Waals surface area contributed by atoms with Gasteiger partial charge in [0, 0.05) is 33.8 Å². The lowest BCUT2D eigenvalue weighted by Crippen LogP contribution is -2.40. The van der Waals surface area contributed by atoms with Crippen LogP contribution in [-0.2, 0) is 19.6 Å². The summed E-state index contributed by atoms with van der Waals surface area (Å²) in [7, 11) is -3.59. The minimum absolute atomic E-state index is 0.00904. The summed E-state index contributed by atoms with van der Waals surface area (Å²) in [6.45, 7) is 3.49. The highest BCUT2D eigenvalue weighted by Crippen LogP contribution is 2.33. The lowest BCUT2D eigenvalue weighted by molar-refractivity contribution is -0.118. The highest BCUT2D eigenvalue weighted by molar-refractivity contribution is 7.89. The van der Waals surface area contributed by atoms with Crippen LogP contribution in [0.3, 0.4) is 0 Å². The normalized spacial score (nSPS) is 16.6. The average Bonchev–Trinajstić information content (AvgIpc) is 3.57. The Kier molecular flexibility index (Phi) is 7.38. The average molecular weight is 596 g/mol. The number of aromatic nitrogens is 1. The summed E-state index contributed by atoms with van der Waals surface area (Å²) in [4.78, 5) is 19.6. The summed E-state index contributed by atoms with van der Waals surface area (Å²) >= 11 is 3.04. The molecule has 10 nitrogen and oxygen atoms in total. The van der Waals surface area contributed by atoms with Crippen LogP contribution in [0.15, 0.2) is 75.0 Å². The van der Waals surface area contributed by atoms with Crippen LogP contribution < -0.4 is 14.9 Å². The molecule has 6 rings (SSSR count). The molecule has 1 saturated heterocycles. The number of carbonyl (C=O) groups is 1. The van der Waals surface area contributed by atoms with Gasteiger partial charge in [-0.2, -0.15) is 9.41 Å². The third-order valence-electron chi connectivity index (χ3n) is 6.32. The molecular weight excluding hydrogens is 571 g/mol. The maximum atomic E-state index is 13.0. The molecule has 0 radical (unpaired) electrons. The number of aryl methyl sites for hydroxylation is 1. The van der Waals surface area contributed by atoms with E-state index in [2.05, 4.69) is 5.32 Å². The van der Waals surface area contributed by atoms with Crippen LogP contribution in [0.4, 0.5) is 11.4 Å². The summed E-state index contributed by atoms with van der Waals surface area (Å²) in [5, 5.41) is 9.55. The van der Waals surface area contributed by atoms with Gasteiger partial charge in [-0.25, -0.2) is 18.1 Å². The van der Waals surface area contributed by atoms with Gasteiger partial charge < -0.3 is 14.8 Å². The van der Waals surface area contributed by atoms with Crippen molar-refractivity contribution in [3.63, 3.8) is 0 Å². The van der Waals surface area contributed by atoms with E-state index in [4.69, 9.17) is 19.6 Å². The van der Waals surface area contributed by atoms with Crippen molar-refractivity contribution in [2.45, 2.75) is 11.8 Å². The van der Waals surface area contributed by atoms with Gasteiger partial charge in [0.2, 0.25) is 14.8 Å². The zero-order chi connectivity index (χ0) is 27.7. The number of rotatable bonds is 6. The van der Waals surface area contributed by atoms with Crippen LogP contribution in [0, 0.1) is 6.92 Å². The van der Waals surface area contributed by atoms with Crippen LogP contribution in [0.2, 0.25) is 0 Å². The molecule has 2 aliphatic heterocycles. The fraction of sp³-hybridized carbons (Fsp3) is 0.222. The molecule has 2 aliphatic rings. The van der Waals surface area contributed by atoms with Crippen LogP contribution in [0.1, 0.15) is 9.75 Å². The fourth-order valence-corrected chi connectivity index (χ4v) is 7.31. The molecule has 40 heavy (non-hydrogen) atoms. The van der Waals surface area contributed by atoms with Gasteiger partial charge in [0.15, 0.2) is 6.61 Å². The van der Waals surface area contributed by atoms with Gasteiger partial charge in [-0.05, 0) is 61.5 Å². The van der Waals surface area contributed by atoms with Crippen molar-refractivity contribution in [3.8, 4) is 17.0 Å². The Bertz CT molecular complexity index is 1760. The number of fused-ring (bicyclic) bond motifs is 1. The minimum atomic E-state index is -3.59. The maximum Gasteiger partial charge on any atom is 0.262 e. The minimum Gasteiger partial charge on any atom is -0.482 e. The number of nitrogens with zero attached hydrogens (tertiary/aromatic N) is 4. The molecule has 4 aromatic rings. The highest BCUT2D eigenvalue weighted by atomic mass is 32.2. The second-order valence-electron chi connectivity index (χ2n) is 9.08. The molecule has 1 N–H and O–H groups in total. The Morgan fingerprint density at radius 1 is 1.05 bits per heavy atom. The van der Waals surface area contributed by atoms with Crippen LogP contribution in [0.5, 0.6) is 5.75 Å². The molecule has 1 fully saturated rings. The van der Waals surface area contributed by atoms with E-state index in [0.717, 1.165) is 16.1 Å². The number of amides is 1. The van der Waals surface area contributed by atoms with Gasteiger partial charge >= 0.3 is 0 Å². The lowest BCUT2D eigenvalue weighted by atomic mass is 10.1. The van der Waals surface area contributed by atoms with E-state index < -0.39 is 10.0 Å². The monoisotopic (exact) mass is 595 g/mol. The van der Waals surface area contributed by atoms with Gasteiger partial charge in [0.05, 0.1) is 41.4 Å². The van der Waals surface area contributed by atoms with E-state index in [0.29, 0.717) is 48.2 Å². The standard InChI is InChI=1S/C27H25N5O5S3/c1-18-2-6-21(39-18)15-28-32-24(19-3-9-25-23(14-19)30-26(33)16-37-25)17-38-27(32)29-20-4-7-22(8-5-20)40(34,35)31-10-12-36-13-11-31/h2-9,14-15,17H,10-13,16H2,1H3,(H,30,33). The predicted octanol–water partition coefficient (Wildman–Crippen LogP) is 4.05. The van der Waals surface area contributed by atoms with E-state index in [-0.39, 0.29) is 17.4 Å². The molecular formula is C27H25N5O5S3. The Balaban J connectivity index is 1.37. The molecule has 2 aromatic carbocycles. The Morgan fingerprint density at radius 2 is 1.85 bits per heavy atom. The van der Waals surface area contributed by atoms with E-state index >= 15 is 0 Å².